The summed E-state index contributed by atoms with van der Waals surface area (Å²) in [7, 11) is 0. The molecular formula is C61H64B2N4O2S. The summed E-state index contributed by atoms with van der Waals surface area (Å²) in [6.45, 7) is 30.5. The standard InChI is InChI=1S/C61H64B2N4O2S/c1-14-57(4,5)51-32-45-56(70-51)69-55-53-49(28-35(3)65-55)67(37-20-22-39-41(30-37)61(12,13)26-24-59(39,8)9)47-33-46-43(31-44(47)63(45)53)62-42-17-15-16-18-50(42)68-54-52(62)48(27-34(2)64-54)66(46)36-19-21-38-40(29-36)60(10,11)25-23-58(38,6)7/h15-22,27-33H,14,23-26H2,1-13H3. The number of aromatic nitrogens is 2. The highest BCUT2D eigenvalue weighted by Crippen LogP contribution is 2.53. The molecule has 6 nitrogen and oxygen atoms in total. The van der Waals surface area contributed by atoms with E-state index >= 15 is 0 Å². The molecule has 352 valence electrons. The van der Waals surface area contributed by atoms with Crippen LogP contribution in [0.2, 0.25) is 0 Å². The van der Waals surface area contributed by atoms with Crippen molar-refractivity contribution in [3.05, 3.63) is 130 Å². The molecule has 0 amide bonds. The monoisotopic (exact) mass is 938 g/mol. The summed E-state index contributed by atoms with van der Waals surface area (Å²) < 4.78 is 13.9. The predicted molar refractivity (Wildman–Crippen MR) is 295 cm³/mol. The second kappa shape index (κ2) is 14.4. The predicted octanol–water partition coefficient (Wildman–Crippen LogP) is 12.4. The van der Waals surface area contributed by atoms with Crippen LogP contribution in [-0.4, -0.2) is 23.4 Å². The van der Waals surface area contributed by atoms with Crippen LogP contribution in [0.3, 0.4) is 0 Å². The quantitative estimate of drug-likeness (QED) is 0.164. The average Bonchev–Trinajstić information content (AvgIpc) is 3.76. The molecule has 4 aliphatic heterocycles. The van der Waals surface area contributed by atoms with Crippen LogP contribution in [0.15, 0.2) is 91.0 Å². The molecule has 0 fully saturated rings. The number of nitrogens with zero attached hydrogens (tertiary/aromatic N) is 4. The van der Waals surface area contributed by atoms with E-state index in [0.29, 0.717) is 11.8 Å². The molecule has 0 unspecified atom stereocenters. The number of aryl methyl sites for hydroxylation is 2. The molecule has 2 aliphatic carbocycles. The Bertz CT molecular complexity index is 3440. The molecule has 4 aromatic carbocycles. The van der Waals surface area contributed by atoms with Gasteiger partial charge in [-0.15, -0.1) is 11.3 Å². The molecule has 0 radical (unpaired) electrons. The Morgan fingerprint density at radius 3 is 1.56 bits per heavy atom. The molecule has 70 heavy (non-hydrogen) atoms. The van der Waals surface area contributed by atoms with Crippen molar-refractivity contribution < 1.29 is 9.47 Å². The summed E-state index contributed by atoms with van der Waals surface area (Å²) in [4.78, 5) is 16.9. The molecule has 7 heterocycles. The van der Waals surface area contributed by atoms with E-state index in [4.69, 9.17) is 19.4 Å². The first-order valence-corrected chi connectivity index (χ1v) is 26.7. The Balaban J connectivity index is 1.15. The van der Waals surface area contributed by atoms with Gasteiger partial charge in [0, 0.05) is 61.3 Å². The molecule has 9 heteroatoms. The summed E-state index contributed by atoms with van der Waals surface area (Å²) >= 11 is 1.80. The van der Waals surface area contributed by atoms with E-state index < -0.39 is 0 Å². The van der Waals surface area contributed by atoms with Gasteiger partial charge in [-0.2, -0.15) is 0 Å². The zero-order chi connectivity index (χ0) is 48.8. The lowest BCUT2D eigenvalue weighted by Gasteiger charge is -2.45. The smallest absolute Gasteiger partial charge is 0.259 e. The van der Waals surface area contributed by atoms with Gasteiger partial charge in [0.15, 0.2) is 5.06 Å². The average molecular weight is 939 g/mol. The van der Waals surface area contributed by atoms with E-state index in [1.54, 1.807) is 11.3 Å². The van der Waals surface area contributed by atoms with Gasteiger partial charge < -0.3 is 19.3 Å². The first kappa shape index (κ1) is 44.2. The molecule has 0 saturated carbocycles. The van der Waals surface area contributed by atoms with Gasteiger partial charge in [0.25, 0.3) is 13.4 Å². The number of pyridine rings is 2. The van der Waals surface area contributed by atoms with Crippen LogP contribution < -0.4 is 52.1 Å². The van der Waals surface area contributed by atoms with E-state index in [2.05, 4.69) is 191 Å². The number of anilines is 6. The van der Waals surface area contributed by atoms with Crippen LogP contribution >= 0.6 is 11.3 Å². The van der Waals surface area contributed by atoms with Gasteiger partial charge in [-0.3, -0.25) is 0 Å². The number of para-hydroxylation sites is 1. The maximum absolute atomic E-state index is 7.06. The fourth-order valence-electron chi connectivity index (χ4n) is 13.2. The zero-order valence-corrected chi connectivity index (χ0v) is 44.2. The van der Waals surface area contributed by atoms with Crippen LogP contribution in [0.1, 0.15) is 147 Å². The molecule has 0 saturated heterocycles. The Hall–Kier alpha value is -5.79. The Morgan fingerprint density at radius 1 is 0.543 bits per heavy atom. The van der Waals surface area contributed by atoms with Crippen molar-refractivity contribution in [2.45, 2.75) is 149 Å². The van der Waals surface area contributed by atoms with Gasteiger partial charge in [-0.25, -0.2) is 9.97 Å². The molecule has 0 bridgehead atoms. The van der Waals surface area contributed by atoms with E-state index in [9.17, 15) is 0 Å². The summed E-state index contributed by atoms with van der Waals surface area (Å²) in [6, 6.07) is 35.6. The third-order valence-electron chi connectivity index (χ3n) is 18.0. The van der Waals surface area contributed by atoms with Crippen molar-refractivity contribution in [2.75, 3.05) is 9.80 Å². The second-order valence-corrected chi connectivity index (χ2v) is 25.9. The first-order chi connectivity index (χ1) is 33.2. The van der Waals surface area contributed by atoms with Crippen LogP contribution in [0.5, 0.6) is 22.6 Å². The van der Waals surface area contributed by atoms with E-state index in [-0.39, 0.29) is 40.5 Å². The molecule has 0 N–H and O–H groups in total. The van der Waals surface area contributed by atoms with Crippen molar-refractivity contribution in [1.82, 2.24) is 9.97 Å². The summed E-state index contributed by atoms with van der Waals surface area (Å²) in [6.07, 6.45) is 5.65. The SMILES string of the molecule is CCC(C)(C)c1cc2c(s1)Oc1nc(C)cc3c1B2c1cc2c(cc1N3c1ccc3c(c1)C(C)(C)CCC3(C)C)N(c1ccc3c(c1)C(C)(C)CCC3(C)C)c1cc(C)nc3c1B2c1ccccc1O3. The summed E-state index contributed by atoms with van der Waals surface area (Å²) in [5, 5.41) is 0.956. The van der Waals surface area contributed by atoms with Gasteiger partial charge in [0.05, 0.1) is 0 Å². The van der Waals surface area contributed by atoms with Crippen molar-refractivity contribution >= 4 is 91.7 Å². The minimum Gasteiger partial charge on any atom is -0.440 e. The van der Waals surface area contributed by atoms with Gasteiger partial charge in [0.2, 0.25) is 11.8 Å². The van der Waals surface area contributed by atoms with E-state index in [1.807, 2.05) is 0 Å². The van der Waals surface area contributed by atoms with Crippen LogP contribution in [-0.2, 0) is 27.1 Å². The number of hydrogen-bond acceptors (Lipinski definition) is 7. The van der Waals surface area contributed by atoms with Crippen LogP contribution in [0, 0.1) is 13.8 Å². The van der Waals surface area contributed by atoms with E-state index in [1.165, 1.54) is 73.4 Å². The third kappa shape index (κ3) is 6.18. The summed E-state index contributed by atoms with van der Waals surface area (Å²) in [5.74, 6) is 2.27. The minimum absolute atomic E-state index is 0.0109. The number of thiophene rings is 1. The minimum atomic E-state index is -0.110. The number of fused-ring (bicyclic) bond motifs is 10. The fraction of sp³-hybridized carbons (Fsp3) is 0.377. The Kier molecular flexibility index (Phi) is 9.10. The normalized spacial score (nSPS) is 18.8. The lowest BCUT2D eigenvalue weighted by Crippen LogP contribution is -2.64. The van der Waals surface area contributed by atoms with Crippen molar-refractivity contribution in [3.63, 3.8) is 0 Å². The van der Waals surface area contributed by atoms with Gasteiger partial charge >= 0.3 is 0 Å². The molecule has 0 atom stereocenters. The first-order valence-electron chi connectivity index (χ1n) is 25.9. The Labute approximate surface area is 420 Å². The molecule has 7 aromatic rings. The fourth-order valence-corrected chi connectivity index (χ4v) is 14.4. The molecule has 0 spiro atoms. The largest absolute Gasteiger partial charge is 0.440 e. The lowest BCUT2D eigenvalue weighted by molar-refractivity contribution is 0.332. The highest BCUT2D eigenvalue weighted by atomic mass is 32.1. The lowest BCUT2D eigenvalue weighted by atomic mass is 9.31. The van der Waals surface area contributed by atoms with Crippen molar-refractivity contribution in [1.29, 1.82) is 0 Å². The topological polar surface area (TPSA) is 50.7 Å². The number of rotatable bonds is 4. The maximum atomic E-state index is 7.06. The number of ether oxygens (including phenoxy) is 2. The Morgan fingerprint density at radius 2 is 1.03 bits per heavy atom. The van der Waals surface area contributed by atoms with Crippen LogP contribution in [0.4, 0.5) is 34.1 Å². The highest BCUT2D eigenvalue weighted by Gasteiger charge is 2.50. The molecule has 13 rings (SSSR count). The third-order valence-corrected chi connectivity index (χ3v) is 19.4. The van der Waals surface area contributed by atoms with Crippen molar-refractivity contribution in [2.24, 2.45) is 0 Å². The van der Waals surface area contributed by atoms with Gasteiger partial charge in [-0.05, 0) is 172 Å². The zero-order valence-electron chi connectivity index (χ0n) is 43.4. The van der Waals surface area contributed by atoms with Gasteiger partial charge in [0.1, 0.15) is 5.75 Å². The maximum Gasteiger partial charge on any atom is 0.259 e. The number of hydrogen-bond donors (Lipinski definition) is 0. The molecule has 6 aliphatic rings. The van der Waals surface area contributed by atoms with Crippen LogP contribution in [0.25, 0.3) is 0 Å². The highest BCUT2D eigenvalue weighted by molar-refractivity contribution is 7.17. The summed E-state index contributed by atoms with van der Waals surface area (Å²) in [5.41, 5.74) is 22.0. The van der Waals surface area contributed by atoms with E-state index in [0.717, 1.165) is 74.9 Å². The molecular weight excluding hydrogens is 874 g/mol. The second-order valence-electron chi connectivity index (χ2n) is 24.8. The van der Waals surface area contributed by atoms with Gasteiger partial charge in [-0.1, -0.05) is 113 Å². The van der Waals surface area contributed by atoms with Crippen molar-refractivity contribution in [3.8, 4) is 22.6 Å². The molecule has 3 aromatic heterocycles. The number of benzene rings is 4.